The van der Waals surface area contributed by atoms with Crippen molar-refractivity contribution in [2.45, 2.75) is 25.3 Å². The van der Waals surface area contributed by atoms with Crippen LogP contribution in [0.15, 0.2) is 24.3 Å². The van der Waals surface area contributed by atoms with E-state index in [2.05, 4.69) is 22.6 Å². The predicted octanol–water partition coefficient (Wildman–Crippen LogP) is 1.71. The number of carbonyl (C=O) groups is 1. The zero-order chi connectivity index (χ0) is 15.1. The highest BCUT2D eigenvalue weighted by Crippen LogP contribution is 2.16. The number of likely N-dealkylation sites (tertiary alicyclic amines) is 1. The second kappa shape index (κ2) is 8.00. The van der Waals surface area contributed by atoms with Crippen LogP contribution in [0, 0.1) is 0 Å². The molecule has 1 heterocycles. The molecule has 1 aromatic carbocycles. The molecule has 5 heteroatoms. The van der Waals surface area contributed by atoms with Crippen LogP contribution in [0.1, 0.15) is 19.3 Å². The average molecular weight is 291 g/mol. The number of amides is 1. The zero-order valence-corrected chi connectivity index (χ0v) is 12.9. The molecule has 1 unspecified atom stereocenters. The molecule has 21 heavy (non-hydrogen) atoms. The minimum Gasteiger partial charge on any atom is -0.497 e. The largest absolute Gasteiger partial charge is 0.497 e. The summed E-state index contributed by atoms with van der Waals surface area (Å²) in [5.74, 6) is 0.714. The average Bonchev–Trinajstić information content (AvgIpc) is 2.49. The molecule has 2 N–H and O–H groups in total. The number of anilines is 1. The van der Waals surface area contributed by atoms with Crippen LogP contribution in [0.2, 0.25) is 0 Å². The van der Waals surface area contributed by atoms with E-state index in [1.807, 2.05) is 24.3 Å². The summed E-state index contributed by atoms with van der Waals surface area (Å²) in [7, 11) is 3.77. The van der Waals surface area contributed by atoms with Crippen LogP contribution >= 0.6 is 0 Å². The molecule has 1 aromatic rings. The maximum Gasteiger partial charge on any atom is 0.238 e. The van der Waals surface area contributed by atoms with Crippen molar-refractivity contribution >= 4 is 11.6 Å². The van der Waals surface area contributed by atoms with E-state index in [1.54, 1.807) is 7.11 Å². The lowest BCUT2D eigenvalue weighted by atomic mass is 10.0. The van der Waals surface area contributed by atoms with Crippen LogP contribution in [0.25, 0.3) is 0 Å². The quantitative estimate of drug-likeness (QED) is 0.838. The Kier molecular flexibility index (Phi) is 6.02. The third kappa shape index (κ3) is 5.02. The van der Waals surface area contributed by atoms with Crippen molar-refractivity contribution < 1.29 is 9.53 Å². The monoisotopic (exact) mass is 291 g/mol. The summed E-state index contributed by atoms with van der Waals surface area (Å²) in [6.07, 6.45) is 3.77. The molecule has 2 rings (SSSR count). The summed E-state index contributed by atoms with van der Waals surface area (Å²) < 4.78 is 5.14. The molecular weight excluding hydrogens is 266 g/mol. The molecule has 1 amide bonds. The third-order valence-corrected chi connectivity index (χ3v) is 3.94. The highest BCUT2D eigenvalue weighted by molar-refractivity contribution is 5.92. The van der Waals surface area contributed by atoms with Gasteiger partial charge in [-0.25, -0.2) is 0 Å². The predicted molar refractivity (Wildman–Crippen MR) is 84.8 cm³/mol. The Morgan fingerprint density at radius 2 is 2.29 bits per heavy atom. The molecule has 0 aliphatic carbocycles. The van der Waals surface area contributed by atoms with Crippen LogP contribution in [0.4, 0.5) is 5.69 Å². The Labute approximate surface area is 126 Å². The highest BCUT2D eigenvalue weighted by atomic mass is 16.5. The highest BCUT2D eigenvalue weighted by Gasteiger charge is 2.18. The van der Waals surface area contributed by atoms with Gasteiger partial charge >= 0.3 is 0 Å². The maximum atomic E-state index is 11.9. The van der Waals surface area contributed by atoms with Crippen molar-refractivity contribution in [3.05, 3.63) is 24.3 Å². The molecule has 1 saturated heterocycles. The number of nitrogens with one attached hydrogen (secondary N) is 2. The van der Waals surface area contributed by atoms with Gasteiger partial charge in [-0.3, -0.25) is 4.79 Å². The van der Waals surface area contributed by atoms with Gasteiger partial charge in [0.1, 0.15) is 5.75 Å². The van der Waals surface area contributed by atoms with Gasteiger partial charge in [-0.15, -0.1) is 0 Å². The molecule has 1 atom stereocenters. The van der Waals surface area contributed by atoms with Gasteiger partial charge in [-0.1, -0.05) is 12.5 Å². The number of ether oxygens (including phenoxy) is 1. The van der Waals surface area contributed by atoms with Crippen molar-refractivity contribution in [3.8, 4) is 5.75 Å². The summed E-state index contributed by atoms with van der Waals surface area (Å²) in [5, 5.41) is 6.12. The lowest BCUT2D eigenvalue weighted by Crippen LogP contribution is -2.44. The summed E-state index contributed by atoms with van der Waals surface area (Å²) in [6.45, 7) is 2.35. The fourth-order valence-corrected chi connectivity index (χ4v) is 2.66. The number of benzene rings is 1. The van der Waals surface area contributed by atoms with Crippen LogP contribution in [-0.2, 0) is 4.79 Å². The summed E-state index contributed by atoms with van der Waals surface area (Å²) in [4.78, 5) is 14.3. The summed E-state index contributed by atoms with van der Waals surface area (Å²) in [5.41, 5.74) is 0.760. The number of nitrogens with zero attached hydrogens (tertiary/aromatic N) is 1. The van der Waals surface area contributed by atoms with Crippen molar-refractivity contribution in [3.63, 3.8) is 0 Å². The van der Waals surface area contributed by atoms with Gasteiger partial charge in [0.25, 0.3) is 0 Å². The SMILES string of the molecule is COc1cccc(NC(=O)CNCC2CCCCN2C)c1. The molecule has 1 aliphatic rings. The second-order valence-corrected chi connectivity index (χ2v) is 5.54. The molecule has 0 radical (unpaired) electrons. The smallest absolute Gasteiger partial charge is 0.238 e. The Hall–Kier alpha value is -1.59. The Morgan fingerprint density at radius 3 is 3.05 bits per heavy atom. The zero-order valence-electron chi connectivity index (χ0n) is 12.9. The first-order valence-corrected chi connectivity index (χ1v) is 7.54. The number of hydrogen-bond donors (Lipinski definition) is 2. The first kappa shape index (κ1) is 15.8. The van der Waals surface area contributed by atoms with Gasteiger partial charge in [0, 0.05) is 24.3 Å². The lowest BCUT2D eigenvalue weighted by molar-refractivity contribution is -0.115. The van der Waals surface area contributed by atoms with E-state index in [9.17, 15) is 4.79 Å². The number of piperidine rings is 1. The number of hydrogen-bond acceptors (Lipinski definition) is 4. The van der Waals surface area contributed by atoms with Gasteiger partial charge in [-0.05, 0) is 38.6 Å². The third-order valence-electron chi connectivity index (χ3n) is 3.94. The van der Waals surface area contributed by atoms with Crippen LogP contribution in [0.3, 0.4) is 0 Å². The number of rotatable bonds is 6. The van der Waals surface area contributed by atoms with E-state index in [4.69, 9.17) is 4.74 Å². The van der Waals surface area contributed by atoms with Gasteiger partial charge in [0.2, 0.25) is 5.91 Å². The van der Waals surface area contributed by atoms with Gasteiger partial charge in [0.05, 0.1) is 13.7 Å². The van der Waals surface area contributed by atoms with Crippen molar-refractivity contribution in [1.29, 1.82) is 0 Å². The molecule has 0 aromatic heterocycles. The van der Waals surface area contributed by atoms with E-state index >= 15 is 0 Å². The van der Waals surface area contributed by atoms with Crippen LogP contribution in [-0.4, -0.2) is 50.6 Å². The minimum absolute atomic E-state index is 0.0262. The number of methoxy groups -OCH3 is 1. The molecule has 0 saturated carbocycles. The van der Waals surface area contributed by atoms with E-state index < -0.39 is 0 Å². The standard InChI is InChI=1S/C16H25N3O2/c1-19-9-4-3-7-14(19)11-17-12-16(20)18-13-6-5-8-15(10-13)21-2/h5-6,8,10,14,17H,3-4,7,9,11-12H2,1-2H3,(H,18,20). The molecular formula is C16H25N3O2. The second-order valence-electron chi connectivity index (χ2n) is 5.54. The molecule has 0 spiro atoms. The molecule has 1 fully saturated rings. The minimum atomic E-state index is -0.0262. The van der Waals surface area contributed by atoms with E-state index in [-0.39, 0.29) is 5.91 Å². The first-order chi connectivity index (χ1) is 10.2. The Balaban J connectivity index is 1.71. The molecule has 116 valence electrons. The van der Waals surface area contributed by atoms with Gasteiger partial charge < -0.3 is 20.3 Å². The lowest BCUT2D eigenvalue weighted by Gasteiger charge is -2.32. The van der Waals surface area contributed by atoms with Crippen LogP contribution < -0.4 is 15.4 Å². The van der Waals surface area contributed by atoms with Crippen LogP contribution in [0.5, 0.6) is 5.75 Å². The molecule has 0 bridgehead atoms. The topological polar surface area (TPSA) is 53.6 Å². The number of likely N-dealkylation sites (N-methyl/N-ethyl adjacent to an activating group) is 1. The van der Waals surface area contributed by atoms with Crippen molar-refractivity contribution in [2.75, 3.05) is 39.1 Å². The van der Waals surface area contributed by atoms with Gasteiger partial charge in [-0.2, -0.15) is 0 Å². The fraction of sp³-hybridized carbons (Fsp3) is 0.562. The maximum absolute atomic E-state index is 11.9. The van der Waals surface area contributed by atoms with Crippen molar-refractivity contribution in [2.24, 2.45) is 0 Å². The molecule has 5 nitrogen and oxygen atoms in total. The van der Waals surface area contributed by atoms with E-state index in [0.29, 0.717) is 12.6 Å². The summed E-state index contributed by atoms with van der Waals surface area (Å²) in [6, 6.07) is 7.93. The fourth-order valence-electron chi connectivity index (χ4n) is 2.66. The van der Waals surface area contributed by atoms with Gasteiger partial charge in [0.15, 0.2) is 0 Å². The Bertz CT molecular complexity index is 465. The van der Waals surface area contributed by atoms with E-state index in [0.717, 1.165) is 24.5 Å². The van der Waals surface area contributed by atoms with Crippen molar-refractivity contribution in [1.82, 2.24) is 10.2 Å². The number of carbonyl (C=O) groups excluding carboxylic acids is 1. The Morgan fingerprint density at radius 1 is 1.43 bits per heavy atom. The normalized spacial score (nSPS) is 19.2. The first-order valence-electron chi connectivity index (χ1n) is 7.54. The van der Waals surface area contributed by atoms with E-state index in [1.165, 1.54) is 19.3 Å². The summed E-state index contributed by atoms with van der Waals surface area (Å²) >= 11 is 0. The molecule has 1 aliphatic heterocycles.